The fourth-order valence-corrected chi connectivity index (χ4v) is 6.31. The fraction of sp³-hybridized carbons (Fsp3) is 0.344. The predicted octanol–water partition coefficient (Wildman–Crippen LogP) is 9.12. The number of hydrogen-bond acceptors (Lipinski definition) is 1. The molecule has 2 aromatic rings. The Labute approximate surface area is 294 Å². The van der Waals surface area contributed by atoms with Crippen LogP contribution in [0.15, 0.2) is 0 Å². The third-order valence-electron chi connectivity index (χ3n) is 6.47. The molecule has 1 aliphatic carbocycles. The molecule has 0 N–H and O–H groups in total. The summed E-state index contributed by atoms with van der Waals surface area (Å²) in [5, 5.41) is 0. The van der Waals surface area contributed by atoms with Gasteiger partial charge in [-0.1, -0.05) is 65.3 Å². The van der Waals surface area contributed by atoms with Gasteiger partial charge in [-0.2, -0.15) is 5.46 Å². The predicted molar refractivity (Wildman–Crippen MR) is 167 cm³/mol. The van der Waals surface area contributed by atoms with Crippen molar-refractivity contribution in [1.29, 1.82) is 0 Å². The zero-order valence-electron chi connectivity index (χ0n) is 27.6. The Hall–Kier alpha value is -0.918. The van der Waals surface area contributed by atoms with E-state index in [4.69, 9.17) is 4.74 Å². The molecule has 10 radical (unpaired) electrons. The maximum Gasteiger partial charge on any atom is 4.00 e. The van der Waals surface area contributed by atoms with Gasteiger partial charge in [-0.25, -0.2) is 47.8 Å². The third-order valence-corrected chi connectivity index (χ3v) is 10.6. The summed E-state index contributed by atoms with van der Waals surface area (Å²) in [6.45, 7) is 20.9. The Balaban J connectivity index is 0.000000636. The van der Waals surface area contributed by atoms with E-state index in [0.717, 1.165) is 19.3 Å². The largest absolute Gasteiger partial charge is 4.00 e. The van der Waals surface area contributed by atoms with Gasteiger partial charge in [0.05, 0.1) is 45.2 Å². The summed E-state index contributed by atoms with van der Waals surface area (Å²) in [6.07, 6.45) is 11.5. The van der Waals surface area contributed by atoms with Crippen molar-refractivity contribution in [2.45, 2.75) is 60.1 Å². The number of hydrogen-bond donors (Lipinski definition) is 0. The maximum atomic E-state index is 13.4. The van der Waals surface area contributed by atoms with E-state index in [1.807, 2.05) is 13.8 Å². The van der Waals surface area contributed by atoms with Gasteiger partial charge < -0.3 is 4.74 Å². The summed E-state index contributed by atoms with van der Waals surface area (Å²) in [5.41, 5.74) is 2.42. The van der Waals surface area contributed by atoms with Crippen molar-refractivity contribution in [2.75, 3.05) is 13.2 Å². The van der Waals surface area contributed by atoms with Gasteiger partial charge in [-0.15, -0.1) is 6.07 Å². The van der Waals surface area contributed by atoms with Crippen LogP contribution in [0.4, 0.5) is 43.9 Å². The standard InChI is InChI=1S/C11H6BF5.C11H21Si2.C6F5.C4H10O.Zr/c1-5-2-3-12(4-5)6-7(13)9(15)11(17)10(16)8(6)14;1-12(2,3)10-7-8-11(9-10)13(4,5)6;7-2-1-3(8)5(10)6(11)4(2)9;1-3-5-4-2;/h2-4H,1H3;7-9H,1-6H3;;3-4H2,1-2H3;/q-1;;-1;;+4. The molecule has 1 heterocycles. The van der Waals surface area contributed by atoms with Crippen molar-refractivity contribution < 1.29 is 74.8 Å². The molecule has 0 unspecified atom stereocenters. The molecule has 0 amide bonds. The molecule has 0 atom stereocenters. The van der Waals surface area contributed by atoms with Crippen LogP contribution in [0.1, 0.15) is 20.8 Å². The van der Waals surface area contributed by atoms with Crippen molar-refractivity contribution >= 4 is 28.3 Å². The monoisotopic (exact) mass is 784 g/mol. The Morgan fingerprint density at radius 2 is 0.957 bits per heavy atom. The van der Waals surface area contributed by atoms with Crippen LogP contribution in [0.5, 0.6) is 0 Å². The Morgan fingerprint density at radius 1 is 0.596 bits per heavy atom. The van der Waals surface area contributed by atoms with Gasteiger partial charge in [-0.3, -0.25) is 8.78 Å². The molecule has 0 bridgehead atoms. The molecule has 2 fully saturated rings. The molecular weight excluding hydrogens is 749 g/mol. The molecule has 2 aromatic carbocycles. The van der Waals surface area contributed by atoms with Gasteiger partial charge in [0.25, 0.3) is 0 Å². The first-order valence-corrected chi connectivity index (χ1v) is 21.2. The van der Waals surface area contributed by atoms with Crippen molar-refractivity contribution in [1.82, 2.24) is 0 Å². The number of ether oxygens (including phenoxy) is 1. The van der Waals surface area contributed by atoms with E-state index in [0.29, 0.717) is 5.92 Å². The number of benzene rings is 2. The molecule has 15 heteroatoms. The Morgan fingerprint density at radius 3 is 1.23 bits per heavy atom. The molecule has 2 aliphatic rings. The average Bonchev–Trinajstić information content (AvgIpc) is 3.65. The fourth-order valence-electron chi connectivity index (χ4n) is 3.82. The van der Waals surface area contributed by atoms with Gasteiger partial charge in [0.1, 0.15) is 11.6 Å². The summed E-state index contributed by atoms with van der Waals surface area (Å²) in [6, 6.07) is 1.02. The first-order chi connectivity index (χ1) is 21.1. The van der Waals surface area contributed by atoms with Crippen molar-refractivity contribution in [3.05, 3.63) is 120 Å². The van der Waals surface area contributed by atoms with Crippen LogP contribution < -0.4 is 5.46 Å². The van der Waals surface area contributed by atoms with Crippen molar-refractivity contribution in [3.63, 3.8) is 0 Å². The van der Waals surface area contributed by atoms with Crippen molar-refractivity contribution in [3.8, 4) is 0 Å². The van der Waals surface area contributed by atoms with E-state index < -0.39 is 86.5 Å². The zero-order chi connectivity index (χ0) is 35.7. The first kappa shape index (κ1) is 46.1. The molecule has 0 aromatic heterocycles. The Kier molecular flexibility index (Phi) is 19.7. The summed E-state index contributed by atoms with van der Waals surface area (Å²) >= 11 is 0. The molecule has 47 heavy (non-hydrogen) atoms. The average molecular weight is 786 g/mol. The molecule has 4 rings (SSSR count). The van der Waals surface area contributed by atoms with Gasteiger partial charge in [0.2, 0.25) is 0 Å². The molecule has 1 aliphatic heterocycles. The second-order valence-electron chi connectivity index (χ2n) is 12.1. The van der Waals surface area contributed by atoms with Gasteiger partial charge in [0, 0.05) is 13.2 Å². The second kappa shape index (κ2) is 20.1. The number of halogens is 10. The molecule has 0 spiro atoms. The molecular formula is C32H37BF10OSi2Zr+2. The topological polar surface area (TPSA) is 9.23 Å². The smallest absolute Gasteiger partial charge is 0.382 e. The van der Waals surface area contributed by atoms with Crippen LogP contribution in [-0.2, 0) is 30.9 Å². The van der Waals surface area contributed by atoms with Crippen LogP contribution >= 0.6 is 0 Å². The Bertz CT molecular complexity index is 1210. The summed E-state index contributed by atoms with van der Waals surface area (Å²) < 4.78 is 130. The van der Waals surface area contributed by atoms with E-state index in [2.05, 4.69) is 58.5 Å². The normalized spacial score (nSPS) is 16.1. The van der Waals surface area contributed by atoms with E-state index in [9.17, 15) is 43.9 Å². The quantitative estimate of drug-likeness (QED) is 0.0967. The van der Waals surface area contributed by atoms with Gasteiger partial charge in [0.15, 0.2) is 17.5 Å². The second-order valence-corrected chi connectivity index (χ2v) is 22.3. The minimum atomic E-state index is -2.17. The van der Waals surface area contributed by atoms with Crippen LogP contribution in [0.25, 0.3) is 0 Å². The van der Waals surface area contributed by atoms with Crippen LogP contribution in [0, 0.1) is 120 Å². The van der Waals surface area contributed by atoms with Crippen LogP contribution in [-0.4, -0.2) is 36.1 Å². The molecule has 254 valence electrons. The minimum Gasteiger partial charge on any atom is -0.382 e. The summed E-state index contributed by atoms with van der Waals surface area (Å²) in [7, 11) is -2.14. The van der Waals surface area contributed by atoms with Crippen LogP contribution in [0.3, 0.4) is 0 Å². The molecule has 1 nitrogen and oxygen atoms in total. The van der Waals surface area contributed by atoms with Crippen LogP contribution in [0.2, 0.25) is 39.3 Å². The van der Waals surface area contributed by atoms with E-state index >= 15 is 0 Å². The molecule has 1 saturated heterocycles. The summed E-state index contributed by atoms with van der Waals surface area (Å²) in [5.74, 6) is -18.8. The minimum absolute atomic E-state index is 0. The first-order valence-electron chi connectivity index (χ1n) is 14.2. The third kappa shape index (κ3) is 13.4. The van der Waals surface area contributed by atoms with E-state index in [1.165, 1.54) is 12.6 Å². The van der Waals surface area contributed by atoms with E-state index in [1.54, 1.807) is 24.4 Å². The van der Waals surface area contributed by atoms with Gasteiger partial charge >= 0.3 is 26.2 Å². The van der Waals surface area contributed by atoms with E-state index in [-0.39, 0.29) is 26.2 Å². The van der Waals surface area contributed by atoms with Crippen molar-refractivity contribution in [2.24, 2.45) is 0 Å². The SMILES string of the molecule is CCOCC.C[C]1[CH][CH][B-](c2c(F)c(F)c(F)c(F)c2F)[CH]1.C[Si](C)(C)[C]1[CH][CH][C]([Si](C)(C)C)[CH]1.Fc1[c-]c(F)c(F)c(F)c1F.[Zr+4]. The zero-order valence-corrected chi connectivity index (χ0v) is 32.1. The number of rotatable bonds is 5. The maximum absolute atomic E-state index is 13.4. The summed E-state index contributed by atoms with van der Waals surface area (Å²) in [4.78, 5) is 0. The molecule has 1 saturated carbocycles. The van der Waals surface area contributed by atoms with Gasteiger partial charge in [-0.05, 0) is 44.2 Å².